The van der Waals surface area contributed by atoms with Crippen LogP contribution in [-0.2, 0) is 4.74 Å². The second-order valence-electron chi connectivity index (χ2n) is 6.49. The van der Waals surface area contributed by atoms with Crippen molar-refractivity contribution in [1.82, 2.24) is 9.88 Å². The van der Waals surface area contributed by atoms with Gasteiger partial charge in [-0.2, -0.15) is 0 Å². The van der Waals surface area contributed by atoms with Crippen molar-refractivity contribution in [2.45, 2.75) is 63.5 Å². The molecule has 1 aromatic heterocycles. The van der Waals surface area contributed by atoms with E-state index in [1.54, 1.807) is 12.4 Å². The molecule has 3 rings (SSSR count). The highest BCUT2D eigenvalue weighted by molar-refractivity contribution is 5.86. The second-order valence-corrected chi connectivity index (χ2v) is 6.49. The average molecular weight is 428 g/mol. The molecule has 1 atom stereocenters. The summed E-state index contributed by atoms with van der Waals surface area (Å²) in [6.45, 7) is 1.28. The molecule has 0 bridgehead atoms. The lowest BCUT2D eigenvalue weighted by Gasteiger charge is -2.36. The van der Waals surface area contributed by atoms with Gasteiger partial charge in [0.2, 0.25) is 0 Å². The first-order valence-electron chi connectivity index (χ1n) is 8.83. The smallest absolute Gasteiger partial charge is 0.410 e. The molecule has 0 N–H and O–H groups in total. The number of piperidine rings is 1. The van der Waals surface area contributed by atoms with Crippen LogP contribution in [0.1, 0.15) is 51.4 Å². The number of hydrogen-bond acceptors (Lipinski definition) is 4. The normalized spacial score (nSPS) is 20.0. The number of amides is 1. The summed E-state index contributed by atoms with van der Waals surface area (Å²) in [6.07, 6.45) is 12.2. The van der Waals surface area contributed by atoms with Gasteiger partial charge in [-0.1, -0.05) is 6.42 Å². The van der Waals surface area contributed by atoms with Crippen LogP contribution in [-0.4, -0.2) is 41.3 Å². The van der Waals surface area contributed by atoms with E-state index in [4.69, 9.17) is 9.47 Å². The Kier molecular flexibility index (Phi) is 12.8. The quantitative estimate of drug-likeness (QED) is 0.674. The largest absolute Gasteiger partial charge is 0.490 e. The van der Waals surface area contributed by atoms with Crippen LogP contribution < -0.4 is 4.74 Å². The van der Waals surface area contributed by atoms with Crippen LogP contribution in [0.4, 0.5) is 4.79 Å². The van der Waals surface area contributed by atoms with Gasteiger partial charge in [0.05, 0.1) is 12.2 Å². The van der Waals surface area contributed by atoms with Crippen LogP contribution >= 0.6 is 37.2 Å². The third-order valence-corrected chi connectivity index (χ3v) is 4.76. The number of carbonyl (C=O) groups excluding carboxylic acids is 1. The molecular weight excluding hydrogens is 399 g/mol. The van der Waals surface area contributed by atoms with Gasteiger partial charge in [-0.05, 0) is 57.1 Å². The molecule has 8 heteroatoms. The van der Waals surface area contributed by atoms with E-state index in [1.165, 1.54) is 19.3 Å². The minimum atomic E-state index is -0.156. The fraction of sp³-hybridized carbons (Fsp3) is 0.667. The maximum Gasteiger partial charge on any atom is 0.410 e. The summed E-state index contributed by atoms with van der Waals surface area (Å²) < 4.78 is 11.5. The van der Waals surface area contributed by atoms with Crippen molar-refractivity contribution in [3.8, 4) is 5.75 Å². The third kappa shape index (κ3) is 7.37. The average Bonchev–Trinajstić information content (AvgIpc) is 2.62. The number of rotatable bonds is 4. The summed E-state index contributed by atoms with van der Waals surface area (Å²) in [5.74, 6) is 0.749. The van der Waals surface area contributed by atoms with Gasteiger partial charge in [-0.25, -0.2) is 4.79 Å². The van der Waals surface area contributed by atoms with Gasteiger partial charge in [-0.15, -0.1) is 37.2 Å². The molecule has 1 saturated carbocycles. The summed E-state index contributed by atoms with van der Waals surface area (Å²) >= 11 is 0. The zero-order chi connectivity index (χ0) is 15.9. The monoisotopic (exact) mass is 426 g/mol. The Hall–Kier alpha value is -0.910. The van der Waals surface area contributed by atoms with Gasteiger partial charge < -0.3 is 14.4 Å². The molecule has 1 aliphatic heterocycles. The number of pyridine rings is 1. The molecule has 2 heterocycles. The molecule has 1 saturated heterocycles. The lowest BCUT2D eigenvalue weighted by atomic mass is 9.98. The Morgan fingerprint density at radius 1 is 1.08 bits per heavy atom. The first-order valence-corrected chi connectivity index (χ1v) is 8.83. The van der Waals surface area contributed by atoms with Crippen molar-refractivity contribution in [2.75, 3.05) is 13.2 Å². The van der Waals surface area contributed by atoms with Crippen molar-refractivity contribution < 1.29 is 14.3 Å². The molecule has 26 heavy (non-hydrogen) atoms. The van der Waals surface area contributed by atoms with Crippen molar-refractivity contribution in [3.05, 3.63) is 24.5 Å². The Labute approximate surface area is 174 Å². The van der Waals surface area contributed by atoms with Gasteiger partial charge in [-0.3, -0.25) is 4.98 Å². The van der Waals surface area contributed by atoms with Crippen LogP contribution in [0.25, 0.3) is 0 Å². The van der Waals surface area contributed by atoms with Crippen molar-refractivity contribution in [3.63, 3.8) is 0 Å². The van der Waals surface area contributed by atoms with Gasteiger partial charge in [0.15, 0.2) is 0 Å². The van der Waals surface area contributed by atoms with Gasteiger partial charge in [0, 0.05) is 12.7 Å². The van der Waals surface area contributed by atoms with Crippen molar-refractivity contribution in [2.24, 2.45) is 0 Å². The number of ether oxygens (including phenoxy) is 2. The maximum absolute atomic E-state index is 12.5. The number of aromatic nitrogens is 1. The Balaban J connectivity index is 0.00000208. The van der Waals surface area contributed by atoms with Gasteiger partial charge >= 0.3 is 6.09 Å². The SMILES string of the molecule is Cl.Cl.Cl.O=C(OC1CCCCC1)N1CCCCC1COc1cccnc1. The Morgan fingerprint density at radius 3 is 2.50 bits per heavy atom. The summed E-state index contributed by atoms with van der Waals surface area (Å²) in [7, 11) is 0. The zero-order valence-corrected chi connectivity index (χ0v) is 17.3. The van der Waals surface area contributed by atoms with Crippen molar-refractivity contribution >= 4 is 43.3 Å². The number of likely N-dealkylation sites (tertiary alicyclic amines) is 1. The number of carbonyl (C=O) groups is 1. The fourth-order valence-electron chi connectivity index (χ4n) is 3.43. The molecule has 5 nitrogen and oxygen atoms in total. The molecule has 2 fully saturated rings. The van der Waals surface area contributed by atoms with Crippen LogP contribution in [0, 0.1) is 0 Å². The van der Waals surface area contributed by atoms with E-state index in [2.05, 4.69) is 4.98 Å². The van der Waals surface area contributed by atoms with Crippen LogP contribution in [0.15, 0.2) is 24.5 Å². The van der Waals surface area contributed by atoms with E-state index in [0.29, 0.717) is 6.61 Å². The van der Waals surface area contributed by atoms with E-state index in [1.807, 2.05) is 17.0 Å². The van der Waals surface area contributed by atoms with Crippen LogP contribution in [0.2, 0.25) is 0 Å². The molecular formula is C18H29Cl3N2O3. The summed E-state index contributed by atoms with van der Waals surface area (Å²) in [5, 5.41) is 0. The van der Waals surface area contributed by atoms with E-state index in [9.17, 15) is 4.79 Å². The molecule has 150 valence electrons. The molecule has 1 unspecified atom stereocenters. The molecule has 0 radical (unpaired) electrons. The predicted octanol–water partition coefficient (Wildman–Crippen LogP) is 5.05. The molecule has 1 aliphatic carbocycles. The van der Waals surface area contributed by atoms with E-state index >= 15 is 0 Å². The van der Waals surface area contributed by atoms with Gasteiger partial charge in [0.25, 0.3) is 0 Å². The molecule has 0 aromatic carbocycles. The number of nitrogens with zero attached hydrogens (tertiary/aromatic N) is 2. The van der Waals surface area contributed by atoms with Crippen LogP contribution in [0.5, 0.6) is 5.75 Å². The summed E-state index contributed by atoms with van der Waals surface area (Å²) in [4.78, 5) is 18.4. The number of hydrogen-bond donors (Lipinski definition) is 0. The summed E-state index contributed by atoms with van der Waals surface area (Å²) in [6, 6.07) is 3.84. The molecule has 1 amide bonds. The lowest BCUT2D eigenvalue weighted by Crippen LogP contribution is -2.47. The van der Waals surface area contributed by atoms with Gasteiger partial charge in [0.1, 0.15) is 18.5 Å². The number of halogens is 3. The van der Waals surface area contributed by atoms with Crippen molar-refractivity contribution in [1.29, 1.82) is 0 Å². The Bertz CT molecular complexity index is 502. The predicted molar refractivity (Wildman–Crippen MR) is 109 cm³/mol. The highest BCUT2D eigenvalue weighted by atomic mass is 35.5. The first kappa shape index (κ1) is 25.1. The highest BCUT2D eigenvalue weighted by Crippen LogP contribution is 2.24. The summed E-state index contributed by atoms with van der Waals surface area (Å²) in [5.41, 5.74) is 0. The zero-order valence-electron chi connectivity index (χ0n) is 14.9. The standard InChI is InChI=1S/C18H26N2O3.3ClH/c21-18(23-16-8-2-1-3-9-16)20-12-5-4-7-15(20)14-22-17-10-6-11-19-13-17;;;/h6,10-11,13,15-16H,1-5,7-9,12,14H2;3*1H. The first-order chi connectivity index (χ1) is 11.3. The highest BCUT2D eigenvalue weighted by Gasteiger charge is 2.30. The van der Waals surface area contributed by atoms with E-state index in [-0.39, 0.29) is 55.5 Å². The van der Waals surface area contributed by atoms with E-state index in [0.717, 1.165) is 44.4 Å². The molecule has 0 spiro atoms. The molecule has 1 aromatic rings. The second kappa shape index (κ2) is 13.3. The molecule has 2 aliphatic rings. The topological polar surface area (TPSA) is 51.7 Å². The van der Waals surface area contributed by atoms with Crippen LogP contribution in [0.3, 0.4) is 0 Å². The minimum Gasteiger partial charge on any atom is -0.490 e. The van der Waals surface area contributed by atoms with E-state index < -0.39 is 0 Å². The minimum absolute atomic E-state index is 0. The maximum atomic E-state index is 12.5. The Morgan fingerprint density at radius 2 is 1.81 bits per heavy atom. The third-order valence-electron chi connectivity index (χ3n) is 4.76. The fourth-order valence-corrected chi connectivity index (χ4v) is 3.43. The lowest BCUT2D eigenvalue weighted by molar-refractivity contribution is 0.0205.